The van der Waals surface area contributed by atoms with Crippen LogP contribution >= 0.6 is 11.8 Å². The minimum atomic E-state index is 0.340. The molecule has 0 bridgehead atoms. The molecule has 0 saturated heterocycles. The highest BCUT2D eigenvalue weighted by molar-refractivity contribution is 7.99. The molecule has 0 amide bonds. The van der Waals surface area contributed by atoms with Crippen molar-refractivity contribution in [3.05, 3.63) is 0 Å². The molecule has 0 saturated carbocycles. The van der Waals surface area contributed by atoms with Gasteiger partial charge in [0.2, 0.25) is 0 Å². The molecule has 0 radical (unpaired) electrons. The maximum absolute atomic E-state index is 5.57. The Bertz CT molecular complexity index is 64.0. The summed E-state index contributed by atoms with van der Waals surface area (Å²) >= 11 is 1.92. The Hall–Kier alpha value is 0.270. The van der Waals surface area contributed by atoms with E-state index in [0.29, 0.717) is 6.04 Å². The average molecular weight is 162 g/mol. The Morgan fingerprint density at radius 1 is 1.50 bits per heavy atom. The minimum Gasteiger partial charge on any atom is -0.327 e. The van der Waals surface area contributed by atoms with Crippen molar-refractivity contribution in [1.29, 1.82) is 0 Å². The summed E-state index contributed by atoms with van der Waals surface area (Å²) < 4.78 is 0. The van der Waals surface area contributed by atoms with Crippen molar-refractivity contribution < 1.29 is 0 Å². The van der Waals surface area contributed by atoms with Crippen LogP contribution in [0.2, 0.25) is 0 Å². The van der Waals surface area contributed by atoms with Crippen LogP contribution in [0.3, 0.4) is 0 Å². The first kappa shape index (κ1) is 10.3. The molecule has 0 fully saturated rings. The normalized spacial score (nSPS) is 14.1. The molecule has 0 rings (SSSR count). The second-order valence-corrected chi connectivity index (χ2v) is 4.01. The Balaban J connectivity index is 2.91. The van der Waals surface area contributed by atoms with Crippen molar-refractivity contribution in [2.75, 3.05) is 32.1 Å². The fourth-order valence-corrected chi connectivity index (χ4v) is 1.55. The lowest BCUT2D eigenvalue weighted by molar-refractivity contribution is 0.437. The van der Waals surface area contributed by atoms with Gasteiger partial charge < -0.3 is 10.6 Å². The van der Waals surface area contributed by atoms with E-state index in [2.05, 4.69) is 19.0 Å². The van der Waals surface area contributed by atoms with Crippen molar-refractivity contribution in [2.24, 2.45) is 5.73 Å². The number of rotatable bonds is 5. The number of hydrogen-bond donors (Lipinski definition) is 1. The molecule has 2 nitrogen and oxygen atoms in total. The van der Waals surface area contributed by atoms with Gasteiger partial charge >= 0.3 is 0 Å². The highest BCUT2D eigenvalue weighted by Gasteiger charge is 1.94. The van der Waals surface area contributed by atoms with E-state index in [1.165, 1.54) is 5.75 Å². The van der Waals surface area contributed by atoms with Gasteiger partial charge in [-0.25, -0.2) is 0 Å². The minimum absolute atomic E-state index is 0.340. The Kier molecular flexibility index (Phi) is 6.17. The van der Waals surface area contributed by atoms with E-state index in [1.807, 2.05) is 18.7 Å². The Labute approximate surface area is 68.2 Å². The number of nitrogens with zero attached hydrogens (tertiary/aromatic N) is 1. The lowest BCUT2D eigenvalue weighted by atomic mass is 10.4. The second kappa shape index (κ2) is 6.01. The molecular formula is C7H18N2S. The molecule has 0 spiro atoms. The summed E-state index contributed by atoms with van der Waals surface area (Å²) in [4.78, 5) is 2.19. The third kappa shape index (κ3) is 8.27. The summed E-state index contributed by atoms with van der Waals surface area (Å²) in [5.41, 5.74) is 5.57. The van der Waals surface area contributed by atoms with Gasteiger partial charge in [-0.15, -0.1) is 0 Å². The fourth-order valence-electron chi connectivity index (χ4n) is 0.516. The summed E-state index contributed by atoms with van der Waals surface area (Å²) in [6, 6.07) is 0.340. The zero-order chi connectivity index (χ0) is 7.98. The van der Waals surface area contributed by atoms with E-state index in [0.717, 1.165) is 12.3 Å². The van der Waals surface area contributed by atoms with Gasteiger partial charge in [0.25, 0.3) is 0 Å². The molecule has 3 heteroatoms. The standard InChI is InChI=1S/C7H18N2S/c1-7(8)6-10-5-4-9(2)3/h7H,4-6,8H2,1-3H3/t7-/m1/s1. The van der Waals surface area contributed by atoms with Crippen LogP contribution in [0.4, 0.5) is 0 Å². The number of nitrogens with two attached hydrogens (primary N) is 1. The zero-order valence-corrected chi connectivity index (χ0v) is 7.95. The highest BCUT2D eigenvalue weighted by Crippen LogP contribution is 2.00. The third-order valence-electron chi connectivity index (χ3n) is 1.06. The van der Waals surface area contributed by atoms with E-state index in [4.69, 9.17) is 5.73 Å². The van der Waals surface area contributed by atoms with Crippen molar-refractivity contribution in [3.63, 3.8) is 0 Å². The van der Waals surface area contributed by atoms with Crippen LogP contribution < -0.4 is 5.73 Å². The first-order chi connectivity index (χ1) is 4.63. The second-order valence-electron chi connectivity index (χ2n) is 2.86. The summed E-state index contributed by atoms with van der Waals surface area (Å²) in [5.74, 6) is 2.27. The van der Waals surface area contributed by atoms with Crippen molar-refractivity contribution in [2.45, 2.75) is 13.0 Å². The number of thioether (sulfide) groups is 1. The summed E-state index contributed by atoms with van der Waals surface area (Å²) in [6.45, 7) is 3.19. The SMILES string of the molecule is C[C@@H](N)CSCCN(C)C. The maximum atomic E-state index is 5.57. The monoisotopic (exact) mass is 162 g/mol. The van der Waals surface area contributed by atoms with E-state index in [-0.39, 0.29) is 0 Å². The molecule has 62 valence electrons. The predicted molar refractivity (Wildman–Crippen MR) is 49.5 cm³/mol. The molecule has 0 aliphatic heterocycles. The molecule has 10 heavy (non-hydrogen) atoms. The summed E-state index contributed by atoms with van der Waals surface area (Å²) in [6.07, 6.45) is 0. The smallest absolute Gasteiger partial charge is 0.0101 e. The molecule has 1 atom stereocenters. The highest BCUT2D eigenvalue weighted by atomic mass is 32.2. The van der Waals surface area contributed by atoms with Gasteiger partial charge in [-0.1, -0.05) is 0 Å². The lowest BCUT2D eigenvalue weighted by Gasteiger charge is -2.09. The van der Waals surface area contributed by atoms with Crippen LogP contribution in [0.5, 0.6) is 0 Å². The molecule has 2 N–H and O–H groups in total. The summed E-state index contributed by atoms with van der Waals surface area (Å²) in [7, 11) is 4.18. The van der Waals surface area contributed by atoms with E-state index >= 15 is 0 Å². The maximum Gasteiger partial charge on any atom is 0.0101 e. The van der Waals surface area contributed by atoms with Gasteiger partial charge in [-0.05, 0) is 21.0 Å². The third-order valence-corrected chi connectivity index (χ3v) is 2.30. The van der Waals surface area contributed by atoms with Gasteiger partial charge in [0.05, 0.1) is 0 Å². The van der Waals surface area contributed by atoms with Crippen LogP contribution in [0.15, 0.2) is 0 Å². The molecular weight excluding hydrogens is 144 g/mol. The van der Waals surface area contributed by atoms with Crippen LogP contribution in [0.25, 0.3) is 0 Å². The van der Waals surface area contributed by atoms with Gasteiger partial charge in [-0.3, -0.25) is 0 Å². The van der Waals surface area contributed by atoms with Gasteiger partial charge in [0.15, 0.2) is 0 Å². The average Bonchev–Trinajstić information content (AvgIpc) is 1.79. The van der Waals surface area contributed by atoms with Gasteiger partial charge in [-0.2, -0.15) is 11.8 Å². The van der Waals surface area contributed by atoms with E-state index in [9.17, 15) is 0 Å². The molecule has 0 aliphatic rings. The van der Waals surface area contributed by atoms with Crippen LogP contribution in [-0.2, 0) is 0 Å². The first-order valence-corrected chi connectivity index (χ1v) is 4.76. The lowest BCUT2D eigenvalue weighted by Crippen LogP contribution is -2.20. The largest absolute Gasteiger partial charge is 0.327 e. The Morgan fingerprint density at radius 2 is 2.10 bits per heavy atom. The van der Waals surface area contributed by atoms with E-state index in [1.54, 1.807) is 0 Å². The molecule has 0 aromatic carbocycles. The van der Waals surface area contributed by atoms with Crippen molar-refractivity contribution >= 4 is 11.8 Å². The fraction of sp³-hybridized carbons (Fsp3) is 1.00. The van der Waals surface area contributed by atoms with Crippen LogP contribution in [-0.4, -0.2) is 43.1 Å². The molecule has 0 aliphatic carbocycles. The first-order valence-electron chi connectivity index (χ1n) is 3.61. The van der Waals surface area contributed by atoms with Crippen LogP contribution in [0.1, 0.15) is 6.92 Å². The Morgan fingerprint density at radius 3 is 2.50 bits per heavy atom. The van der Waals surface area contributed by atoms with Crippen molar-refractivity contribution in [3.8, 4) is 0 Å². The van der Waals surface area contributed by atoms with Crippen molar-refractivity contribution in [1.82, 2.24) is 4.90 Å². The quantitative estimate of drug-likeness (QED) is 0.601. The molecule has 0 aromatic heterocycles. The zero-order valence-electron chi connectivity index (χ0n) is 7.13. The van der Waals surface area contributed by atoms with Gasteiger partial charge in [0, 0.05) is 24.1 Å². The summed E-state index contributed by atoms with van der Waals surface area (Å²) in [5, 5.41) is 0. The predicted octanol–water partition coefficient (Wildman–Crippen LogP) is 0.628. The van der Waals surface area contributed by atoms with Gasteiger partial charge in [0.1, 0.15) is 0 Å². The molecule has 0 aromatic rings. The molecule has 0 unspecified atom stereocenters. The number of hydrogen-bond acceptors (Lipinski definition) is 3. The topological polar surface area (TPSA) is 29.3 Å². The van der Waals surface area contributed by atoms with E-state index < -0.39 is 0 Å². The molecule has 0 heterocycles. The van der Waals surface area contributed by atoms with Crippen LogP contribution in [0, 0.1) is 0 Å².